The van der Waals surface area contributed by atoms with Crippen molar-refractivity contribution in [1.29, 1.82) is 0 Å². The molecule has 3 rings (SSSR count). The lowest BCUT2D eigenvalue weighted by atomic mass is 10.2. The molecule has 0 spiro atoms. The highest BCUT2D eigenvalue weighted by Crippen LogP contribution is 2.20. The molecular weight excluding hydrogens is 390 g/mol. The zero-order chi connectivity index (χ0) is 19.4. The Labute approximate surface area is 160 Å². The van der Waals surface area contributed by atoms with Crippen LogP contribution in [0.1, 0.15) is 16.1 Å². The van der Waals surface area contributed by atoms with Gasteiger partial charge in [0.25, 0.3) is 15.9 Å². The lowest BCUT2D eigenvalue weighted by molar-refractivity contribution is 0.102. The molecule has 3 aromatic rings. The van der Waals surface area contributed by atoms with Crippen LogP contribution in [-0.2, 0) is 16.6 Å². The Balaban J connectivity index is 1.59. The minimum absolute atomic E-state index is 0.0631. The summed E-state index contributed by atoms with van der Waals surface area (Å²) in [5.74, 6) is 0.635. The molecule has 0 aliphatic rings. The fourth-order valence-electron chi connectivity index (χ4n) is 2.07. The number of carbonyl (C=O) groups is 1. The van der Waals surface area contributed by atoms with Crippen molar-refractivity contribution in [2.45, 2.75) is 11.7 Å². The molecule has 0 saturated heterocycles. The molecule has 8 nitrogen and oxygen atoms in total. The quantitative estimate of drug-likeness (QED) is 0.646. The average Bonchev–Trinajstić information content (AvgIpc) is 3.32. The number of sulfonamides is 1. The Morgan fingerprint density at radius 3 is 2.59 bits per heavy atom. The molecule has 0 aliphatic carbocycles. The van der Waals surface area contributed by atoms with Gasteiger partial charge in [0.15, 0.2) is 5.13 Å². The van der Waals surface area contributed by atoms with Gasteiger partial charge in [-0.25, -0.2) is 17.7 Å². The summed E-state index contributed by atoms with van der Waals surface area (Å²) in [5.41, 5.74) is 0.468. The molecule has 0 radical (unpaired) electrons. The van der Waals surface area contributed by atoms with Crippen LogP contribution >= 0.6 is 11.3 Å². The van der Waals surface area contributed by atoms with Gasteiger partial charge in [-0.15, -0.1) is 11.3 Å². The first kappa shape index (κ1) is 19.1. The van der Waals surface area contributed by atoms with E-state index in [1.807, 2.05) is 0 Å². The summed E-state index contributed by atoms with van der Waals surface area (Å²) in [4.78, 5) is 16.1. The zero-order valence-electron chi connectivity index (χ0n) is 14.6. The maximum absolute atomic E-state index is 12.1. The average molecular weight is 407 g/mol. The number of benzene rings is 1. The molecule has 10 heteroatoms. The predicted octanol–water partition coefficient (Wildman–Crippen LogP) is 2.82. The number of furan rings is 1. The van der Waals surface area contributed by atoms with Crippen molar-refractivity contribution in [3.05, 3.63) is 59.3 Å². The van der Waals surface area contributed by atoms with Crippen LogP contribution in [0.4, 0.5) is 5.13 Å². The van der Waals surface area contributed by atoms with Crippen LogP contribution in [0.25, 0.3) is 0 Å². The highest BCUT2D eigenvalue weighted by atomic mass is 32.2. The van der Waals surface area contributed by atoms with Crippen molar-refractivity contribution in [2.75, 3.05) is 19.4 Å². The summed E-state index contributed by atoms with van der Waals surface area (Å²) in [7, 11) is -0.752. The Morgan fingerprint density at radius 1 is 1.22 bits per heavy atom. The van der Waals surface area contributed by atoms with Crippen molar-refractivity contribution in [3.63, 3.8) is 0 Å². The first-order chi connectivity index (χ1) is 12.9. The number of aromatic nitrogens is 1. The number of carbonyl (C=O) groups excluding carboxylic acids is 1. The third-order valence-corrected chi connectivity index (χ3v) is 5.90. The fourth-order valence-corrected chi connectivity index (χ4v) is 3.40. The van der Waals surface area contributed by atoms with Gasteiger partial charge in [0.05, 0.1) is 0 Å². The lowest BCUT2D eigenvalue weighted by Gasteiger charge is -2.08. The van der Waals surface area contributed by atoms with Gasteiger partial charge in [-0.2, -0.15) is 0 Å². The molecule has 0 atom stereocenters. The third-order valence-electron chi connectivity index (χ3n) is 3.52. The number of amides is 1. The molecule has 0 bridgehead atoms. The highest BCUT2D eigenvalue weighted by molar-refractivity contribution is 7.88. The van der Waals surface area contributed by atoms with E-state index in [1.165, 1.54) is 31.5 Å². The number of ether oxygens (including phenoxy) is 1. The van der Waals surface area contributed by atoms with Gasteiger partial charge in [-0.3, -0.25) is 10.1 Å². The maximum atomic E-state index is 12.1. The Hall–Kier alpha value is -2.69. The van der Waals surface area contributed by atoms with E-state index in [4.69, 9.17) is 9.15 Å². The number of hydrogen-bond acceptors (Lipinski definition) is 7. The standard InChI is InChI=1S/C17H17N3O5S2/c1-20(2)27(22,23)15-8-7-14(25-15)11-24-13-5-3-12(4-6-13)16(21)19-17-18-9-10-26-17/h3-10H,11H2,1-2H3,(H,18,19,21). The number of hydrogen-bond donors (Lipinski definition) is 1. The first-order valence-electron chi connectivity index (χ1n) is 7.81. The molecule has 1 aromatic carbocycles. The minimum atomic E-state index is -3.61. The van der Waals surface area contributed by atoms with Gasteiger partial charge in [-0.05, 0) is 36.4 Å². The van der Waals surface area contributed by atoms with Crippen molar-refractivity contribution in [3.8, 4) is 5.75 Å². The second kappa shape index (κ2) is 7.91. The van der Waals surface area contributed by atoms with Gasteiger partial charge in [0.1, 0.15) is 18.1 Å². The Morgan fingerprint density at radius 2 is 1.96 bits per heavy atom. The van der Waals surface area contributed by atoms with Crippen molar-refractivity contribution < 1.29 is 22.4 Å². The second-order valence-electron chi connectivity index (χ2n) is 5.61. The highest BCUT2D eigenvalue weighted by Gasteiger charge is 2.21. The predicted molar refractivity (Wildman–Crippen MR) is 100 cm³/mol. The van der Waals surface area contributed by atoms with Crippen LogP contribution in [0, 0.1) is 0 Å². The molecule has 2 aromatic heterocycles. The van der Waals surface area contributed by atoms with Crippen LogP contribution < -0.4 is 10.1 Å². The molecule has 27 heavy (non-hydrogen) atoms. The van der Waals surface area contributed by atoms with E-state index in [1.54, 1.807) is 41.9 Å². The topological polar surface area (TPSA) is 102 Å². The molecule has 0 aliphatic heterocycles. The van der Waals surface area contributed by atoms with Crippen LogP contribution in [0.3, 0.4) is 0 Å². The van der Waals surface area contributed by atoms with Crippen LogP contribution in [0.15, 0.2) is 57.5 Å². The van der Waals surface area contributed by atoms with Gasteiger partial charge < -0.3 is 9.15 Å². The lowest BCUT2D eigenvalue weighted by Crippen LogP contribution is -2.21. The molecule has 1 amide bonds. The van der Waals surface area contributed by atoms with E-state index in [0.29, 0.717) is 22.2 Å². The summed E-state index contributed by atoms with van der Waals surface area (Å²) in [6, 6.07) is 9.49. The molecule has 0 saturated carbocycles. The van der Waals surface area contributed by atoms with E-state index in [-0.39, 0.29) is 17.6 Å². The van der Waals surface area contributed by atoms with Gasteiger partial charge in [0.2, 0.25) is 5.09 Å². The van der Waals surface area contributed by atoms with Crippen molar-refractivity contribution >= 4 is 32.4 Å². The number of anilines is 1. The Kier molecular flexibility index (Phi) is 5.59. The monoisotopic (exact) mass is 407 g/mol. The fraction of sp³-hybridized carbons (Fsp3) is 0.176. The first-order valence-corrected chi connectivity index (χ1v) is 10.1. The number of nitrogens with one attached hydrogen (secondary N) is 1. The number of thiazole rings is 1. The largest absolute Gasteiger partial charge is 0.486 e. The van der Waals surface area contributed by atoms with Gasteiger partial charge in [-0.1, -0.05) is 0 Å². The van der Waals surface area contributed by atoms with E-state index < -0.39 is 10.0 Å². The zero-order valence-corrected chi connectivity index (χ0v) is 16.2. The smallest absolute Gasteiger partial charge is 0.275 e. The van der Waals surface area contributed by atoms with Gasteiger partial charge >= 0.3 is 0 Å². The van der Waals surface area contributed by atoms with E-state index in [9.17, 15) is 13.2 Å². The van der Waals surface area contributed by atoms with Crippen LogP contribution in [-0.4, -0.2) is 37.7 Å². The maximum Gasteiger partial charge on any atom is 0.275 e. The SMILES string of the molecule is CN(C)S(=O)(=O)c1ccc(COc2ccc(C(=O)Nc3nccs3)cc2)o1. The third kappa shape index (κ3) is 4.54. The van der Waals surface area contributed by atoms with Gasteiger partial charge in [0, 0.05) is 31.2 Å². The summed E-state index contributed by atoms with van der Waals surface area (Å²) >= 11 is 1.34. The van der Waals surface area contributed by atoms with Crippen molar-refractivity contribution in [2.24, 2.45) is 0 Å². The van der Waals surface area contributed by atoms with E-state index in [2.05, 4.69) is 10.3 Å². The summed E-state index contributed by atoms with van der Waals surface area (Å²) < 4.78 is 35.9. The second-order valence-corrected chi connectivity index (χ2v) is 8.59. The molecule has 0 fully saturated rings. The minimum Gasteiger partial charge on any atom is -0.486 e. The molecule has 2 heterocycles. The molecule has 0 unspecified atom stereocenters. The molecule has 1 N–H and O–H groups in total. The summed E-state index contributed by atoms with van der Waals surface area (Å²) in [5, 5.41) is 4.86. The Bertz CT molecular complexity index is 1010. The normalized spacial score (nSPS) is 11.5. The molecule has 142 valence electrons. The van der Waals surface area contributed by atoms with Crippen LogP contribution in [0.5, 0.6) is 5.75 Å². The molecular formula is C17H17N3O5S2. The number of nitrogens with zero attached hydrogens (tertiary/aromatic N) is 2. The van der Waals surface area contributed by atoms with Crippen LogP contribution in [0.2, 0.25) is 0 Å². The summed E-state index contributed by atoms with van der Waals surface area (Å²) in [6.45, 7) is 0.0631. The van der Waals surface area contributed by atoms with Crippen molar-refractivity contribution in [1.82, 2.24) is 9.29 Å². The summed E-state index contributed by atoms with van der Waals surface area (Å²) in [6.07, 6.45) is 1.61. The van der Waals surface area contributed by atoms with E-state index in [0.717, 1.165) is 4.31 Å². The van der Waals surface area contributed by atoms with E-state index >= 15 is 0 Å². The number of rotatable bonds is 7.